The third kappa shape index (κ3) is 5.04. The van der Waals surface area contributed by atoms with Gasteiger partial charge >= 0.3 is 0 Å². The highest BCUT2D eigenvalue weighted by atomic mass is 35.5. The van der Waals surface area contributed by atoms with Gasteiger partial charge in [-0.15, -0.1) is 11.8 Å². The molecule has 0 fully saturated rings. The first-order valence-electron chi connectivity index (χ1n) is 9.15. The lowest BCUT2D eigenvalue weighted by Crippen LogP contribution is -2.66. The lowest BCUT2D eigenvalue weighted by molar-refractivity contribution is 0.304. The number of hydrogen-bond acceptors (Lipinski definition) is 2. The van der Waals surface area contributed by atoms with E-state index in [-0.39, 0.29) is 5.04 Å². The molecule has 0 aliphatic carbocycles. The molecule has 0 amide bonds. The van der Waals surface area contributed by atoms with Crippen molar-refractivity contribution in [3.05, 3.63) is 71.1 Å². The van der Waals surface area contributed by atoms with Crippen molar-refractivity contribution in [2.45, 2.75) is 39.2 Å². The molecule has 0 radical (unpaired) electrons. The largest absolute Gasteiger partial charge is 0.407 e. The van der Waals surface area contributed by atoms with Crippen LogP contribution in [0.15, 0.2) is 71.1 Å². The van der Waals surface area contributed by atoms with Crippen LogP contribution >= 0.6 is 23.4 Å². The molecule has 0 saturated carbocycles. The Kier molecular flexibility index (Phi) is 8.02. The Morgan fingerprint density at radius 2 is 1.50 bits per heavy atom. The summed E-state index contributed by atoms with van der Waals surface area (Å²) in [5, 5.41) is 2.65. The van der Waals surface area contributed by atoms with Crippen LogP contribution in [0.2, 0.25) is 5.04 Å². The molecular formula is C22H29ClOSSi. The summed E-state index contributed by atoms with van der Waals surface area (Å²) in [4.78, 5) is 0. The topological polar surface area (TPSA) is 9.23 Å². The van der Waals surface area contributed by atoms with Crippen LogP contribution in [0.25, 0.3) is 0 Å². The zero-order valence-electron chi connectivity index (χ0n) is 16.2. The minimum atomic E-state index is -2.42. The lowest BCUT2D eigenvalue weighted by atomic mass is 10.2. The summed E-state index contributed by atoms with van der Waals surface area (Å²) in [7, 11) is -2.42. The Morgan fingerprint density at radius 1 is 1.00 bits per heavy atom. The van der Waals surface area contributed by atoms with Crippen molar-refractivity contribution in [3.8, 4) is 0 Å². The van der Waals surface area contributed by atoms with Crippen molar-refractivity contribution in [2.24, 2.45) is 0 Å². The fraction of sp³-hybridized carbons (Fsp3) is 0.364. The maximum Gasteiger partial charge on any atom is 0.261 e. The van der Waals surface area contributed by atoms with Crippen molar-refractivity contribution < 1.29 is 4.43 Å². The van der Waals surface area contributed by atoms with Crippen LogP contribution < -0.4 is 10.4 Å². The summed E-state index contributed by atoms with van der Waals surface area (Å²) >= 11 is 7.90. The maximum absolute atomic E-state index is 6.82. The summed E-state index contributed by atoms with van der Waals surface area (Å²) in [6, 6.07) is 21.5. The fourth-order valence-electron chi connectivity index (χ4n) is 3.34. The summed E-state index contributed by atoms with van der Waals surface area (Å²) in [6.45, 7) is 9.69. The summed E-state index contributed by atoms with van der Waals surface area (Å²) in [6.07, 6.45) is 2.91. The van der Waals surface area contributed by atoms with Gasteiger partial charge in [0.15, 0.2) is 0 Å². The molecule has 0 heterocycles. The molecule has 0 aliphatic heterocycles. The van der Waals surface area contributed by atoms with E-state index in [1.54, 1.807) is 11.8 Å². The van der Waals surface area contributed by atoms with Crippen LogP contribution in [-0.4, -0.2) is 20.7 Å². The zero-order chi connectivity index (χ0) is 19.0. The Bertz CT molecular complexity index is 656. The minimum absolute atomic E-state index is 0.0153. The Morgan fingerprint density at radius 3 is 1.92 bits per heavy atom. The fourth-order valence-corrected chi connectivity index (χ4v) is 8.87. The van der Waals surface area contributed by atoms with E-state index in [9.17, 15) is 0 Å². The molecule has 1 nitrogen and oxygen atoms in total. The standard InChI is InChI=1S/C22H29ClOSSi/c1-5-25-21(23)17-12-18-24-26(22(2,3)4,19-13-8-6-9-14-19)20-15-10-7-11-16-20/h6-11,13-17H,5,12,18H2,1-4H3/b21-17-. The third-order valence-electron chi connectivity index (χ3n) is 4.44. The molecule has 2 aromatic rings. The summed E-state index contributed by atoms with van der Waals surface area (Å²) in [5.74, 6) is 0.991. The maximum atomic E-state index is 6.82. The molecule has 26 heavy (non-hydrogen) atoms. The second-order valence-electron chi connectivity index (χ2n) is 7.24. The molecule has 0 atom stereocenters. The van der Waals surface area contributed by atoms with Crippen molar-refractivity contribution >= 4 is 42.1 Å². The summed E-state index contributed by atoms with van der Waals surface area (Å²) in [5.41, 5.74) is 0. The van der Waals surface area contributed by atoms with Gasteiger partial charge in [-0.2, -0.15) is 0 Å². The van der Waals surface area contributed by atoms with Crippen molar-refractivity contribution in [2.75, 3.05) is 12.4 Å². The van der Waals surface area contributed by atoms with E-state index in [0.717, 1.165) is 16.5 Å². The van der Waals surface area contributed by atoms with Gasteiger partial charge in [-0.25, -0.2) is 0 Å². The SMILES string of the molecule is CCS/C(Cl)=C\CCO[Si](c1ccccc1)(c1ccccc1)C(C)(C)C. The Balaban J connectivity index is 2.39. The van der Waals surface area contributed by atoms with Gasteiger partial charge in [0.05, 0.1) is 4.36 Å². The quantitative estimate of drug-likeness (QED) is 0.407. The predicted octanol–water partition coefficient (Wildman–Crippen LogP) is 5.79. The van der Waals surface area contributed by atoms with E-state index in [1.165, 1.54) is 10.4 Å². The number of benzene rings is 2. The highest BCUT2D eigenvalue weighted by Gasteiger charge is 2.49. The van der Waals surface area contributed by atoms with Gasteiger partial charge in [-0.3, -0.25) is 0 Å². The third-order valence-corrected chi connectivity index (χ3v) is 10.7. The molecule has 4 heteroatoms. The van der Waals surface area contributed by atoms with E-state index in [1.807, 2.05) is 0 Å². The minimum Gasteiger partial charge on any atom is -0.407 e. The highest BCUT2D eigenvalue weighted by molar-refractivity contribution is 8.04. The molecule has 0 unspecified atom stereocenters. The van der Waals surface area contributed by atoms with Gasteiger partial charge in [-0.1, -0.05) is 106 Å². The van der Waals surface area contributed by atoms with Crippen molar-refractivity contribution in [1.82, 2.24) is 0 Å². The van der Waals surface area contributed by atoms with E-state index in [2.05, 4.69) is 94.4 Å². The van der Waals surface area contributed by atoms with Crippen LogP contribution in [0, 0.1) is 0 Å². The molecule has 0 N–H and O–H groups in total. The normalized spacial score (nSPS) is 13.0. The van der Waals surface area contributed by atoms with Gasteiger partial charge in [0.25, 0.3) is 8.32 Å². The highest BCUT2D eigenvalue weighted by Crippen LogP contribution is 2.36. The molecule has 0 aromatic heterocycles. The summed E-state index contributed by atoms with van der Waals surface area (Å²) < 4.78 is 7.68. The molecule has 0 bridgehead atoms. The molecule has 2 rings (SSSR count). The zero-order valence-corrected chi connectivity index (χ0v) is 18.7. The van der Waals surface area contributed by atoms with Crippen LogP contribution in [0.4, 0.5) is 0 Å². The van der Waals surface area contributed by atoms with Crippen LogP contribution in [0.1, 0.15) is 34.1 Å². The average Bonchev–Trinajstić information content (AvgIpc) is 2.62. The van der Waals surface area contributed by atoms with Crippen LogP contribution in [0.5, 0.6) is 0 Å². The van der Waals surface area contributed by atoms with Crippen LogP contribution in [-0.2, 0) is 4.43 Å². The molecule has 0 aliphatic rings. The Labute approximate surface area is 168 Å². The second kappa shape index (κ2) is 9.79. The molecule has 140 valence electrons. The monoisotopic (exact) mass is 404 g/mol. The first-order chi connectivity index (χ1) is 12.4. The predicted molar refractivity (Wildman–Crippen MR) is 120 cm³/mol. The van der Waals surface area contributed by atoms with Gasteiger partial charge in [0, 0.05) is 6.61 Å². The van der Waals surface area contributed by atoms with E-state index < -0.39 is 8.32 Å². The average molecular weight is 405 g/mol. The van der Waals surface area contributed by atoms with Gasteiger partial charge in [-0.05, 0) is 27.6 Å². The van der Waals surface area contributed by atoms with Crippen molar-refractivity contribution in [1.29, 1.82) is 0 Å². The molecule has 0 saturated heterocycles. The van der Waals surface area contributed by atoms with Gasteiger partial charge in [0.1, 0.15) is 0 Å². The smallest absolute Gasteiger partial charge is 0.261 e. The Hall–Kier alpha value is -1.00. The number of rotatable bonds is 8. The van der Waals surface area contributed by atoms with Crippen molar-refractivity contribution in [3.63, 3.8) is 0 Å². The van der Waals surface area contributed by atoms with Gasteiger partial charge < -0.3 is 4.43 Å². The first-order valence-corrected chi connectivity index (χ1v) is 12.4. The molecule has 0 spiro atoms. The van der Waals surface area contributed by atoms with Gasteiger partial charge in [0.2, 0.25) is 0 Å². The lowest BCUT2D eigenvalue weighted by Gasteiger charge is -2.43. The van der Waals surface area contributed by atoms with E-state index in [4.69, 9.17) is 16.0 Å². The first kappa shape index (κ1) is 21.3. The molecular weight excluding hydrogens is 376 g/mol. The van der Waals surface area contributed by atoms with Crippen LogP contribution in [0.3, 0.4) is 0 Å². The molecule has 2 aromatic carbocycles. The number of hydrogen-bond donors (Lipinski definition) is 0. The number of thioether (sulfide) groups is 1. The van der Waals surface area contributed by atoms with E-state index in [0.29, 0.717) is 6.61 Å². The second-order valence-corrected chi connectivity index (χ2v) is 13.5. The number of halogens is 1. The van der Waals surface area contributed by atoms with E-state index >= 15 is 0 Å².